The van der Waals surface area contributed by atoms with Gasteiger partial charge in [0, 0.05) is 25.2 Å². The van der Waals surface area contributed by atoms with Gasteiger partial charge >= 0.3 is 0 Å². The van der Waals surface area contributed by atoms with E-state index in [2.05, 4.69) is 47.0 Å². The number of hydrogen-bond acceptors (Lipinski definition) is 6. The molecule has 0 bridgehead atoms. The summed E-state index contributed by atoms with van der Waals surface area (Å²) in [6, 6.07) is 16.6. The van der Waals surface area contributed by atoms with Crippen molar-refractivity contribution in [3.8, 4) is 11.1 Å². The predicted octanol–water partition coefficient (Wildman–Crippen LogP) is 3.32. The van der Waals surface area contributed by atoms with Crippen molar-refractivity contribution < 1.29 is 9.53 Å². The number of aldehydes is 1. The normalized spacial score (nSPS) is 16.7. The zero-order valence-electron chi connectivity index (χ0n) is 17.7. The van der Waals surface area contributed by atoms with E-state index in [1.807, 2.05) is 12.1 Å². The first kappa shape index (κ1) is 22.5. The monoisotopic (exact) mass is 416 g/mol. The molecule has 2 aliphatic rings. The van der Waals surface area contributed by atoms with Crippen molar-refractivity contribution in [2.24, 2.45) is 5.73 Å². The van der Waals surface area contributed by atoms with Gasteiger partial charge in [-0.05, 0) is 47.0 Å². The van der Waals surface area contributed by atoms with E-state index < -0.39 is 0 Å². The van der Waals surface area contributed by atoms with Crippen molar-refractivity contribution in [2.45, 2.75) is 6.54 Å². The van der Waals surface area contributed by atoms with E-state index in [1.54, 1.807) is 12.2 Å². The minimum Gasteiger partial charge on any atom is -0.379 e. The van der Waals surface area contributed by atoms with Gasteiger partial charge in [0.1, 0.15) is 0 Å². The molecule has 160 valence electrons. The molecule has 1 heterocycles. The molecule has 1 saturated heterocycles. The summed E-state index contributed by atoms with van der Waals surface area (Å²) in [4.78, 5) is 13.6. The van der Waals surface area contributed by atoms with Gasteiger partial charge in [-0.3, -0.25) is 20.5 Å². The van der Waals surface area contributed by atoms with Crippen LogP contribution in [0.5, 0.6) is 0 Å². The maximum Gasteiger partial charge on any atom is 0.152 e. The Balaban J connectivity index is 0.00000132. The van der Waals surface area contributed by atoms with Crippen LogP contribution in [0.4, 0.5) is 0 Å². The van der Waals surface area contributed by atoms with Gasteiger partial charge in [0.2, 0.25) is 0 Å². The molecule has 0 spiro atoms. The maximum atomic E-state index is 11.2. The highest BCUT2D eigenvalue weighted by molar-refractivity contribution is 6.55. The highest BCUT2D eigenvalue weighted by Crippen LogP contribution is 2.28. The molecule has 1 aliphatic carbocycles. The molecule has 4 rings (SSSR count). The average Bonchev–Trinajstić information content (AvgIpc) is 2.83. The Morgan fingerprint density at radius 1 is 0.968 bits per heavy atom. The van der Waals surface area contributed by atoms with Crippen molar-refractivity contribution in [3.05, 3.63) is 77.4 Å². The van der Waals surface area contributed by atoms with E-state index in [4.69, 9.17) is 15.6 Å². The Morgan fingerprint density at radius 2 is 1.61 bits per heavy atom. The molecule has 0 atom stereocenters. The number of benzene rings is 2. The Labute approximate surface area is 183 Å². The second kappa shape index (κ2) is 10.7. The van der Waals surface area contributed by atoms with Crippen molar-refractivity contribution in [3.63, 3.8) is 0 Å². The summed E-state index contributed by atoms with van der Waals surface area (Å²) in [5.74, 6) is 0. The fourth-order valence-corrected chi connectivity index (χ4v) is 3.71. The molecule has 1 aliphatic heterocycles. The van der Waals surface area contributed by atoms with Gasteiger partial charge in [0.25, 0.3) is 0 Å². The number of nitrogens with zero attached hydrogens (tertiary/aromatic N) is 1. The number of carbonyl (C=O) groups excluding carboxylic acids is 1. The van der Waals surface area contributed by atoms with E-state index in [9.17, 15) is 4.79 Å². The summed E-state index contributed by atoms with van der Waals surface area (Å²) in [7, 11) is 1.50. The molecule has 1 fully saturated rings. The van der Waals surface area contributed by atoms with E-state index >= 15 is 0 Å². The summed E-state index contributed by atoms with van der Waals surface area (Å²) in [5, 5.41) is 15.7. The molecule has 2 aromatic carbocycles. The van der Waals surface area contributed by atoms with E-state index in [0.717, 1.165) is 49.5 Å². The van der Waals surface area contributed by atoms with Gasteiger partial charge in [-0.15, -0.1) is 0 Å². The van der Waals surface area contributed by atoms with E-state index in [1.165, 1.54) is 18.2 Å². The second-order valence-corrected chi connectivity index (χ2v) is 7.23. The van der Waals surface area contributed by atoms with E-state index in [-0.39, 0.29) is 17.0 Å². The Kier molecular flexibility index (Phi) is 7.78. The second-order valence-electron chi connectivity index (χ2n) is 7.23. The van der Waals surface area contributed by atoms with E-state index in [0.29, 0.717) is 6.29 Å². The van der Waals surface area contributed by atoms with Crippen LogP contribution in [-0.2, 0) is 16.1 Å². The third-order valence-electron chi connectivity index (χ3n) is 5.34. The van der Waals surface area contributed by atoms with Crippen LogP contribution < -0.4 is 5.73 Å². The molecular weight excluding hydrogens is 388 g/mol. The average molecular weight is 417 g/mol. The van der Waals surface area contributed by atoms with Crippen LogP contribution in [-0.4, -0.2) is 56.0 Å². The van der Waals surface area contributed by atoms with Crippen LogP contribution >= 0.6 is 0 Å². The van der Waals surface area contributed by atoms with Crippen LogP contribution in [0.25, 0.3) is 16.7 Å². The van der Waals surface area contributed by atoms with Crippen molar-refractivity contribution in [1.82, 2.24) is 4.90 Å². The van der Waals surface area contributed by atoms with Crippen LogP contribution in [0.3, 0.4) is 0 Å². The standard InChI is InChI=1S/C24H23N3O2.CH5N/c25-23-14-20(13-21(16-28)24(23)26)17-5-7-18(8-6-17)22-4-2-1-3-19(22)15-27-9-11-29-12-10-27;1-2/h1-8,13-14,16,25-26H,9-12,15H2;2H2,1H3. The summed E-state index contributed by atoms with van der Waals surface area (Å²) < 4.78 is 5.45. The molecule has 4 N–H and O–H groups in total. The van der Waals surface area contributed by atoms with Gasteiger partial charge in [-0.1, -0.05) is 48.5 Å². The summed E-state index contributed by atoms with van der Waals surface area (Å²) in [5.41, 5.74) is 10.1. The maximum absolute atomic E-state index is 11.2. The lowest BCUT2D eigenvalue weighted by Gasteiger charge is -2.27. The third kappa shape index (κ3) is 5.30. The molecule has 31 heavy (non-hydrogen) atoms. The number of hydrogen-bond donors (Lipinski definition) is 3. The third-order valence-corrected chi connectivity index (χ3v) is 5.34. The van der Waals surface area contributed by atoms with Gasteiger partial charge in [0.15, 0.2) is 6.29 Å². The molecule has 6 nitrogen and oxygen atoms in total. The minimum atomic E-state index is -0.0302. The zero-order chi connectivity index (χ0) is 22.2. The lowest BCUT2D eigenvalue weighted by Crippen LogP contribution is -2.35. The first-order valence-corrected chi connectivity index (χ1v) is 10.3. The van der Waals surface area contributed by atoms with Gasteiger partial charge in [-0.2, -0.15) is 0 Å². The van der Waals surface area contributed by atoms with Crippen LogP contribution in [0.15, 0.2) is 66.3 Å². The summed E-state index contributed by atoms with van der Waals surface area (Å²) in [6.07, 6.45) is 3.95. The zero-order valence-corrected chi connectivity index (χ0v) is 17.7. The van der Waals surface area contributed by atoms with Crippen LogP contribution in [0.1, 0.15) is 11.1 Å². The number of morpholine rings is 1. The minimum absolute atomic E-state index is 0.0302. The van der Waals surface area contributed by atoms with Gasteiger partial charge < -0.3 is 10.5 Å². The number of nitrogens with one attached hydrogen (secondary N) is 2. The number of carbonyl (C=O) groups is 1. The highest BCUT2D eigenvalue weighted by atomic mass is 16.5. The Bertz CT molecular complexity index is 1020. The van der Waals surface area contributed by atoms with Crippen LogP contribution in [0.2, 0.25) is 0 Å². The fourth-order valence-electron chi connectivity index (χ4n) is 3.71. The molecule has 0 amide bonds. The SMILES string of the molecule is CN.N=C1C=C(c2ccc(-c3ccccc3CN3CCOCC3)cc2)C=C(C=O)C1=N. The Hall–Kier alpha value is -3.19. The molecule has 2 aromatic rings. The molecule has 0 saturated carbocycles. The molecule has 0 radical (unpaired) electrons. The molecule has 6 heteroatoms. The first-order chi connectivity index (χ1) is 15.2. The van der Waals surface area contributed by atoms with Crippen molar-refractivity contribution in [2.75, 3.05) is 33.4 Å². The Morgan fingerprint density at radius 3 is 2.29 bits per heavy atom. The number of rotatable bonds is 5. The first-order valence-electron chi connectivity index (χ1n) is 10.3. The predicted molar refractivity (Wildman–Crippen MR) is 126 cm³/mol. The van der Waals surface area contributed by atoms with Crippen molar-refractivity contribution >= 4 is 23.3 Å². The number of allylic oxidation sites excluding steroid dienone is 4. The number of nitrogens with two attached hydrogens (primary N) is 1. The lowest BCUT2D eigenvalue weighted by molar-refractivity contribution is -0.104. The summed E-state index contributed by atoms with van der Waals surface area (Å²) in [6.45, 7) is 4.38. The topological polar surface area (TPSA) is 103 Å². The molecular formula is C25H28N4O2. The molecule has 0 aromatic heterocycles. The summed E-state index contributed by atoms with van der Waals surface area (Å²) >= 11 is 0. The fraction of sp³-hybridized carbons (Fsp3) is 0.240. The molecule has 0 unspecified atom stereocenters. The van der Waals surface area contributed by atoms with Crippen molar-refractivity contribution in [1.29, 1.82) is 10.8 Å². The number of ether oxygens (including phenoxy) is 1. The lowest BCUT2D eigenvalue weighted by atomic mass is 9.91. The smallest absolute Gasteiger partial charge is 0.152 e. The van der Waals surface area contributed by atoms with Gasteiger partial charge in [-0.25, -0.2) is 0 Å². The van der Waals surface area contributed by atoms with Gasteiger partial charge in [0.05, 0.1) is 24.6 Å². The van der Waals surface area contributed by atoms with Crippen LogP contribution in [0, 0.1) is 10.8 Å². The quantitative estimate of drug-likeness (QED) is 0.514. The highest BCUT2D eigenvalue weighted by Gasteiger charge is 2.17. The largest absolute Gasteiger partial charge is 0.379 e.